The maximum Gasteiger partial charge on any atom is 0.446 e. The van der Waals surface area contributed by atoms with E-state index in [4.69, 9.17) is 4.55 Å². The molecule has 3 atom stereocenters. The molecule has 0 heterocycles. The number of amides is 1. The lowest BCUT2D eigenvalue weighted by Crippen LogP contribution is -2.53. The quantitative estimate of drug-likeness (QED) is 0.773. The van der Waals surface area contributed by atoms with E-state index in [1.807, 2.05) is 0 Å². The number of alkyl halides is 2. The van der Waals surface area contributed by atoms with Crippen LogP contribution in [0.5, 0.6) is 0 Å². The average Bonchev–Trinajstić information content (AvgIpc) is 2.39. The minimum atomic E-state index is -5.74. The molecule has 4 aliphatic carbocycles. The molecule has 0 spiro atoms. The van der Waals surface area contributed by atoms with Crippen LogP contribution in [0.1, 0.15) is 44.9 Å². The number of carbonyl (C=O) groups is 1. The highest BCUT2D eigenvalue weighted by Gasteiger charge is 2.53. The van der Waals surface area contributed by atoms with E-state index in [0.29, 0.717) is 24.2 Å². The number of halogens is 2. The summed E-state index contributed by atoms with van der Waals surface area (Å²) >= 11 is 0. The Morgan fingerprint density at radius 3 is 2.09 bits per heavy atom. The van der Waals surface area contributed by atoms with E-state index >= 15 is 0 Å². The van der Waals surface area contributed by atoms with Gasteiger partial charge in [0.2, 0.25) is 0 Å². The normalized spacial score (nSPS) is 38.4. The molecule has 0 radical (unpaired) electrons. The van der Waals surface area contributed by atoms with Crippen LogP contribution in [0.4, 0.5) is 8.78 Å². The minimum Gasteiger partial charge on any atom is -0.347 e. The van der Waals surface area contributed by atoms with Crippen molar-refractivity contribution in [1.82, 2.24) is 5.32 Å². The Hall–Kier alpha value is -0.760. The molecule has 0 aromatic carbocycles. The molecule has 8 heteroatoms. The first-order chi connectivity index (χ1) is 10.2. The van der Waals surface area contributed by atoms with Gasteiger partial charge in [-0.05, 0) is 68.6 Å². The molecule has 4 aliphatic rings. The Morgan fingerprint density at radius 1 is 1.00 bits per heavy atom. The fourth-order valence-electron chi connectivity index (χ4n) is 4.82. The van der Waals surface area contributed by atoms with Crippen LogP contribution in [0.15, 0.2) is 0 Å². The summed E-state index contributed by atoms with van der Waals surface area (Å²) in [6, 6.07) is -0.423. The van der Waals surface area contributed by atoms with Crippen molar-refractivity contribution in [1.29, 1.82) is 0 Å². The molecule has 0 aromatic heterocycles. The smallest absolute Gasteiger partial charge is 0.347 e. The molecular weight excluding hydrogens is 316 g/mol. The topological polar surface area (TPSA) is 83.5 Å². The van der Waals surface area contributed by atoms with E-state index in [0.717, 1.165) is 19.3 Å². The van der Waals surface area contributed by atoms with E-state index in [9.17, 15) is 22.0 Å². The zero-order chi connectivity index (χ0) is 16.1. The zero-order valence-electron chi connectivity index (χ0n) is 12.2. The van der Waals surface area contributed by atoms with E-state index in [2.05, 4.69) is 5.32 Å². The predicted molar refractivity (Wildman–Crippen MR) is 74.7 cm³/mol. The minimum absolute atomic E-state index is 0.131. The average molecular weight is 337 g/mol. The third-order valence-electron chi connectivity index (χ3n) is 5.63. The molecule has 3 unspecified atom stereocenters. The lowest BCUT2D eigenvalue weighted by Gasteiger charge is -2.48. The summed E-state index contributed by atoms with van der Waals surface area (Å²) in [6.07, 6.45) is 6.87. The number of carbonyl (C=O) groups excluding carboxylic acids is 1. The summed E-state index contributed by atoms with van der Waals surface area (Å²) < 4.78 is 56.7. The summed E-state index contributed by atoms with van der Waals surface area (Å²) in [5.74, 6) is 0.0163. The highest BCUT2D eigenvalue weighted by Crippen LogP contribution is 2.49. The number of hydrogen-bond acceptors (Lipinski definition) is 3. The fraction of sp³-hybridized carbons (Fsp3) is 0.929. The highest BCUT2D eigenvalue weighted by atomic mass is 32.2. The van der Waals surface area contributed by atoms with Crippen molar-refractivity contribution in [2.75, 3.05) is 0 Å². The van der Waals surface area contributed by atoms with Crippen molar-refractivity contribution in [2.45, 2.75) is 56.2 Å². The molecule has 2 N–H and O–H groups in total. The van der Waals surface area contributed by atoms with E-state index in [1.54, 1.807) is 0 Å². The number of rotatable bonds is 3. The lowest BCUT2D eigenvalue weighted by atomic mass is 9.60. The monoisotopic (exact) mass is 337 g/mol. The maximum atomic E-state index is 13.4. The van der Waals surface area contributed by atoms with Gasteiger partial charge in [0, 0.05) is 6.04 Å². The first-order valence-electron chi connectivity index (χ1n) is 7.82. The van der Waals surface area contributed by atoms with Crippen molar-refractivity contribution in [2.24, 2.45) is 23.7 Å². The van der Waals surface area contributed by atoms with Gasteiger partial charge in [0.05, 0.1) is 0 Å². The summed E-state index contributed by atoms with van der Waals surface area (Å²) in [4.78, 5) is 11.6. The highest BCUT2D eigenvalue weighted by molar-refractivity contribution is 7.87. The van der Waals surface area contributed by atoms with Crippen LogP contribution in [-0.2, 0) is 14.9 Å². The summed E-state index contributed by atoms with van der Waals surface area (Å²) in [6.45, 7) is 0. The van der Waals surface area contributed by atoms with Crippen LogP contribution in [0, 0.1) is 23.7 Å². The van der Waals surface area contributed by atoms with Gasteiger partial charge < -0.3 is 5.32 Å². The Morgan fingerprint density at radius 2 is 1.55 bits per heavy atom. The van der Waals surface area contributed by atoms with Crippen molar-refractivity contribution < 1.29 is 26.5 Å². The van der Waals surface area contributed by atoms with Crippen LogP contribution in [0.2, 0.25) is 0 Å². The van der Waals surface area contributed by atoms with Gasteiger partial charge in [-0.25, -0.2) is 0 Å². The van der Waals surface area contributed by atoms with Crippen molar-refractivity contribution >= 4 is 16.0 Å². The molecule has 4 fully saturated rings. The van der Waals surface area contributed by atoms with E-state index < -0.39 is 27.3 Å². The Kier molecular flexibility index (Phi) is 3.96. The molecule has 22 heavy (non-hydrogen) atoms. The Labute approximate surface area is 128 Å². The Balaban J connectivity index is 1.74. The van der Waals surface area contributed by atoms with Gasteiger partial charge in [-0.3, -0.25) is 9.35 Å². The molecule has 5 nitrogen and oxygen atoms in total. The van der Waals surface area contributed by atoms with E-state index in [1.165, 1.54) is 19.3 Å². The fourth-order valence-corrected chi connectivity index (χ4v) is 5.11. The van der Waals surface area contributed by atoms with Crippen LogP contribution >= 0.6 is 0 Å². The second kappa shape index (κ2) is 5.40. The number of hydrogen-bond donors (Lipinski definition) is 2. The van der Waals surface area contributed by atoms with Crippen LogP contribution in [0.3, 0.4) is 0 Å². The van der Waals surface area contributed by atoms with Gasteiger partial charge in [0.15, 0.2) is 0 Å². The van der Waals surface area contributed by atoms with Crippen molar-refractivity contribution in [3.05, 3.63) is 0 Å². The second-order valence-electron chi connectivity index (χ2n) is 7.19. The number of fused-ring (bicyclic) bond motifs is 2. The van der Waals surface area contributed by atoms with Gasteiger partial charge >= 0.3 is 21.3 Å². The third kappa shape index (κ3) is 2.87. The molecule has 0 aliphatic heterocycles. The molecule has 4 saturated carbocycles. The largest absolute Gasteiger partial charge is 0.446 e. The summed E-state index contributed by atoms with van der Waals surface area (Å²) in [5.41, 5.74) is 0. The van der Waals surface area contributed by atoms with Gasteiger partial charge in [-0.15, -0.1) is 0 Å². The molecule has 0 saturated heterocycles. The first kappa shape index (κ1) is 16.1. The van der Waals surface area contributed by atoms with Crippen LogP contribution in [-0.4, -0.2) is 30.2 Å². The first-order valence-corrected chi connectivity index (χ1v) is 9.26. The predicted octanol–water partition coefficient (Wildman–Crippen LogP) is 2.19. The van der Waals surface area contributed by atoms with Crippen molar-refractivity contribution in [3.63, 3.8) is 0 Å². The molecule has 1 amide bonds. The van der Waals surface area contributed by atoms with Gasteiger partial charge in [0.25, 0.3) is 0 Å². The SMILES string of the molecule is O=C(NC1CCC2CC3CC(C2)CC1C3)C(F)(F)S(=O)(=O)O. The molecule has 0 aromatic rings. The van der Waals surface area contributed by atoms with E-state index in [-0.39, 0.29) is 5.92 Å². The van der Waals surface area contributed by atoms with Crippen LogP contribution < -0.4 is 5.32 Å². The third-order valence-corrected chi connectivity index (χ3v) is 6.47. The zero-order valence-corrected chi connectivity index (χ0v) is 13.0. The molecular formula is C14H21F2NO4S. The molecule has 4 rings (SSSR count). The maximum absolute atomic E-state index is 13.4. The van der Waals surface area contributed by atoms with Gasteiger partial charge in [-0.2, -0.15) is 17.2 Å². The lowest BCUT2D eigenvalue weighted by molar-refractivity contribution is -0.138. The Bertz CT molecular complexity index is 551. The standard InChI is InChI=1S/C14H21F2NO4S/c15-14(16,22(19,20)21)13(18)17-12-2-1-8-3-9-5-10(4-8)7-11(12)6-9/h8-12H,1-7H2,(H,17,18)(H,19,20,21). The molecule has 4 bridgehead atoms. The van der Waals surface area contributed by atoms with Crippen molar-refractivity contribution in [3.8, 4) is 0 Å². The number of nitrogens with one attached hydrogen (secondary N) is 1. The van der Waals surface area contributed by atoms with Gasteiger partial charge in [0.1, 0.15) is 0 Å². The second-order valence-corrected chi connectivity index (χ2v) is 8.65. The van der Waals surface area contributed by atoms with Gasteiger partial charge in [-0.1, -0.05) is 0 Å². The molecule has 126 valence electrons. The summed E-state index contributed by atoms with van der Waals surface area (Å²) in [5, 5.41) is -2.58. The van der Waals surface area contributed by atoms with Crippen LogP contribution in [0.25, 0.3) is 0 Å². The summed E-state index contributed by atoms with van der Waals surface area (Å²) in [7, 11) is -5.74.